The molecule has 2 amide bonds. The average molecular weight is 289 g/mol. The van der Waals surface area contributed by atoms with Gasteiger partial charge in [0.1, 0.15) is 0 Å². The van der Waals surface area contributed by atoms with E-state index in [-0.39, 0.29) is 6.04 Å². The molecule has 114 valence electrons. The Kier molecular flexibility index (Phi) is 5.75. The summed E-state index contributed by atoms with van der Waals surface area (Å²) < 4.78 is 0. The van der Waals surface area contributed by atoms with E-state index in [1.54, 1.807) is 4.90 Å². The predicted molar refractivity (Wildman–Crippen MR) is 81.8 cm³/mol. The number of benzene rings is 1. The lowest BCUT2D eigenvalue weighted by Crippen LogP contribution is -2.47. The van der Waals surface area contributed by atoms with E-state index in [1.807, 2.05) is 37.3 Å². The van der Waals surface area contributed by atoms with Crippen LogP contribution in [-0.2, 0) is 16.0 Å². The third-order valence-electron chi connectivity index (χ3n) is 3.58. The molecule has 0 spiro atoms. The first kappa shape index (κ1) is 15.5. The minimum absolute atomic E-state index is 0.0612. The highest BCUT2D eigenvalue weighted by Crippen LogP contribution is 2.03. The van der Waals surface area contributed by atoms with Crippen molar-refractivity contribution in [1.82, 2.24) is 15.5 Å². The van der Waals surface area contributed by atoms with Gasteiger partial charge in [0.05, 0.1) is 0 Å². The first-order valence-electron chi connectivity index (χ1n) is 7.51. The molecule has 5 nitrogen and oxygen atoms in total. The molecule has 2 N–H and O–H groups in total. The summed E-state index contributed by atoms with van der Waals surface area (Å²) in [6.07, 6.45) is 1.61. The van der Waals surface area contributed by atoms with Crippen molar-refractivity contribution in [2.75, 3.05) is 26.2 Å². The molecule has 5 heteroatoms. The Labute approximate surface area is 125 Å². The monoisotopic (exact) mass is 289 g/mol. The summed E-state index contributed by atoms with van der Waals surface area (Å²) >= 11 is 0. The Morgan fingerprint density at radius 2 is 2.00 bits per heavy atom. The zero-order valence-electron chi connectivity index (χ0n) is 12.5. The fourth-order valence-electron chi connectivity index (χ4n) is 2.50. The summed E-state index contributed by atoms with van der Waals surface area (Å²) in [6.45, 7) is 4.81. The molecule has 1 heterocycles. The average Bonchev–Trinajstić information content (AvgIpc) is 2.76. The fourth-order valence-corrected chi connectivity index (χ4v) is 2.50. The lowest BCUT2D eigenvalue weighted by atomic mass is 10.1. The zero-order valence-corrected chi connectivity index (χ0v) is 12.5. The van der Waals surface area contributed by atoms with Gasteiger partial charge in [-0.3, -0.25) is 9.59 Å². The number of amides is 2. The van der Waals surface area contributed by atoms with Crippen LogP contribution >= 0.6 is 0 Å². The molecular weight excluding hydrogens is 266 g/mol. The summed E-state index contributed by atoms with van der Waals surface area (Å²) in [4.78, 5) is 25.8. The van der Waals surface area contributed by atoms with E-state index >= 15 is 0 Å². The van der Waals surface area contributed by atoms with Crippen LogP contribution in [0.15, 0.2) is 30.3 Å². The number of hydrogen-bond donors (Lipinski definition) is 2. The van der Waals surface area contributed by atoms with E-state index in [0.717, 1.165) is 31.5 Å². The van der Waals surface area contributed by atoms with E-state index in [9.17, 15) is 9.59 Å². The van der Waals surface area contributed by atoms with Crippen LogP contribution < -0.4 is 10.6 Å². The summed E-state index contributed by atoms with van der Waals surface area (Å²) in [7, 11) is 0. The van der Waals surface area contributed by atoms with Crippen LogP contribution in [0.3, 0.4) is 0 Å². The van der Waals surface area contributed by atoms with Crippen molar-refractivity contribution in [2.45, 2.75) is 25.8 Å². The van der Waals surface area contributed by atoms with Crippen LogP contribution in [0.5, 0.6) is 0 Å². The van der Waals surface area contributed by atoms with E-state index in [2.05, 4.69) is 10.6 Å². The maximum absolute atomic E-state index is 12.1. The van der Waals surface area contributed by atoms with Gasteiger partial charge in [-0.25, -0.2) is 0 Å². The molecule has 0 radical (unpaired) electrons. The number of nitrogens with zero attached hydrogens (tertiary/aromatic N) is 1. The van der Waals surface area contributed by atoms with Crippen LogP contribution in [0.25, 0.3) is 0 Å². The predicted octanol–water partition coefficient (Wildman–Crippen LogP) is 0.556. The standard InChI is InChI=1S/C16H23N3O2/c1-13(12-14-6-3-2-4-7-14)18-15(20)16(21)19-10-5-8-17-9-11-19/h2-4,6-7,13,17H,5,8-12H2,1H3,(H,18,20). The zero-order chi connectivity index (χ0) is 15.1. The first-order chi connectivity index (χ1) is 10.2. The molecule has 1 aromatic rings. The largest absolute Gasteiger partial charge is 0.345 e. The van der Waals surface area contributed by atoms with Crippen molar-refractivity contribution >= 4 is 11.8 Å². The Hall–Kier alpha value is -1.88. The van der Waals surface area contributed by atoms with Crippen molar-refractivity contribution in [3.05, 3.63) is 35.9 Å². The smallest absolute Gasteiger partial charge is 0.311 e. The van der Waals surface area contributed by atoms with Crippen LogP contribution in [0.4, 0.5) is 0 Å². The van der Waals surface area contributed by atoms with Gasteiger partial charge in [-0.05, 0) is 31.9 Å². The van der Waals surface area contributed by atoms with Crippen molar-refractivity contribution in [2.24, 2.45) is 0 Å². The first-order valence-corrected chi connectivity index (χ1v) is 7.51. The quantitative estimate of drug-likeness (QED) is 0.799. The van der Waals surface area contributed by atoms with Crippen molar-refractivity contribution in [3.63, 3.8) is 0 Å². The molecule has 1 atom stereocenters. The molecule has 1 aliphatic heterocycles. The molecule has 1 aromatic carbocycles. The summed E-state index contributed by atoms with van der Waals surface area (Å²) in [6, 6.07) is 9.88. The number of nitrogens with one attached hydrogen (secondary N) is 2. The van der Waals surface area contributed by atoms with Gasteiger partial charge in [0.2, 0.25) is 0 Å². The van der Waals surface area contributed by atoms with Gasteiger partial charge >= 0.3 is 11.8 Å². The number of carbonyl (C=O) groups excluding carboxylic acids is 2. The Balaban J connectivity index is 1.83. The van der Waals surface area contributed by atoms with Crippen molar-refractivity contribution in [1.29, 1.82) is 0 Å². The normalized spacial score (nSPS) is 16.9. The Morgan fingerprint density at radius 1 is 1.24 bits per heavy atom. The highest BCUT2D eigenvalue weighted by molar-refractivity contribution is 6.35. The van der Waals surface area contributed by atoms with Gasteiger partial charge in [-0.15, -0.1) is 0 Å². The van der Waals surface area contributed by atoms with Crippen LogP contribution in [0.2, 0.25) is 0 Å². The molecule has 0 saturated carbocycles. The molecule has 1 aliphatic rings. The maximum atomic E-state index is 12.1. The topological polar surface area (TPSA) is 61.4 Å². The van der Waals surface area contributed by atoms with Crippen molar-refractivity contribution < 1.29 is 9.59 Å². The number of rotatable bonds is 3. The minimum Gasteiger partial charge on any atom is -0.345 e. The molecule has 0 aromatic heterocycles. The highest BCUT2D eigenvalue weighted by atomic mass is 16.2. The molecule has 0 bridgehead atoms. The third kappa shape index (κ3) is 4.86. The van der Waals surface area contributed by atoms with Gasteiger partial charge in [-0.2, -0.15) is 0 Å². The molecule has 1 unspecified atom stereocenters. The van der Waals surface area contributed by atoms with E-state index in [0.29, 0.717) is 13.1 Å². The second-order valence-electron chi connectivity index (χ2n) is 5.46. The van der Waals surface area contributed by atoms with Crippen LogP contribution in [-0.4, -0.2) is 48.9 Å². The Morgan fingerprint density at radius 3 is 2.76 bits per heavy atom. The molecule has 1 saturated heterocycles. The molecule has 21 heavy (non-hydrogen) atoms. The maximum Gasteiger partial charge on any atom is 0.311 e. The minimum atomic E-state index is -0.500. The SMILES string of the molecule is CC(Cc1ccccc1)NC(=O)C(=O)N1CCCNCC1. The second-order valence-corrected chi connectivity index (χ2v) is 5.46. The van der Waals surface area contributed by atoms with Gasteiger partial charge in [0.15, 0.2) is 0 Å². The summed E-state index contributed by atoms with van der Waals surface area (Å²) in [5.41, 5.74) is 1.15. The lowest BCUT2D eigenvalue weighted by molar-refractivity contribution is -0.146. The molecule has 0 aliphatic carbocycles. The molecule has 1 fully saturated rings. The molecule has 2 rings (SSSR count). The van der Waals surface area contributed by atoms with E-state index in [4.69, 9.17) is 0 Å². The second kappa shape index (κ2) is 7.78. The van der Waals surface area contributed by atoms with Gasteiger partial charge in [0.25, 0.3) is 0 Å². The van der Waals surface area contributed by atoms with Crippen molar-refractivity contribution in [3.8, 4) is 0 Å². The van der Waals surface area contributed by atoms with E-state index < -0.39 is 11.8 Å². The number of carbonyl (C=O) groups is 2. The van der Waals surface area contributed by atoms with Gasteiger partial charge in [0, 0.05) is 25.7 Å². The Bertz CT molecular complexity index is 468. The van der Waals surface area contributed by atoms with Gasteiger partial charge < -0.3 is 15.5 Å². The summed E-state index contributed by atoms with van der Waals surface area (Å²) in [5.74, 6) is -0.918. The summed E-state index contributed by atoms with van der Waals surface area (Å²) in [5, 5.41) is 6.01. The third-order valence-corrected chi connectivity index (χ3v) is 3.58. The van der Waals surface area contributed by atoms with Crippen LogP contribution in [0.1, 0.15) is 18.9 Å². The molecular formula is C16H23N3O2. The fraction of sp³-hybridized carbons (Fsp3) is 0.500. The lowest BCUT2D eigenvalue weighted by Gasteiger charge is -2.21. The van der Waals surface area contributed by atoms with E-state index in [1.165, 1.54) is 0 Å². The number of hydrogen-bond acceptors (Lipinski definition) is 3. The van der Waals surface area contributed by atoms with Crippen LogP contribution in [0, 0.1) is 0 Å². The van der Waals surface area contributed by atoms with Gasteiger partial charge in [-0.1, -0.05) is 30.3 Å². The highest BCUT2D eigenvalue weighted by Gasteiger charge is 2.23.